The van der Waals surface area contributed by atoms with E-state index in [1.807, 2.05) is 36.4 Å². The topological polar surface area (TPSA) is 63.4 Å². The van der Waals surface area contributed by atoms with E-state index in [-0.39, 0.29) is 18.2 Å². The summed E-state index contributed by atoms with van der Waals surface area (Å²) in [7, 11) is 0. The number of rotatable bonds is 1. The second kappa shape index (κ2) is 4.69. The van der Waals surface area contributed by atoms with Crippen LogP contribution >= 0.6 is 23.1 Å². The Morgan fingerprint density at radius 2 is 2.00 bits per heavy atom. The second-order valence-electron chi connectivity index (χ2n) is 5.35. The van der Waals surface area contributed by atoms with Crippen molar-refractivity contribution in [2.45, 2.75) is 12.3 Å². The maximum absolute atomic E-state index is 12.0. The van der Waals surface area contributed by atoms with Gasteiger partial charge in [-0.25, -0.2) is 0 Å². The summed E-state index contributed by atoms with van der Waals surface area (Å²) in [5.74, 6) is -1.19. The molecule has 4 rings (SSSR count). The predicted octanol–water partition coefficient (Wildman–Crippen LogP) is 3.63. The van der Waals surface area contributed by atoms with Gasteiger partial charge in [-0.2, -0.15) is 4.42 Å². The Bertz CT molecular complexity index is 950. The molecule has 1 aliphatic rings. The molecular formula is C16H11ClN2O2S. The minimum absolute atomic E-state index is 0.126. The van der Waals surface area contributed by atoms with E-state index in [4.69, 9.17) is 17.5 Å². The molecule has 2 aromatic carbocycles. The molecule has 0 bridgehead atoms. The van der Waals surface area contributed by atoms with Crippen LogP contribution in [0, 0.1) is 0 Å². The lowest BCUT2D eigenvalue weighted by Gasteiger charge is -2.07. The largest absolute Gasteiger partial charge is 0.398 e. The van der Waals surface area contributed by atoms with Gasteiger partial charge in [0.2, 0.25) is 5.91 Å². The summed E-state index contributed by atoms with van der Waals surface area (Å²) in [6.07, 6.45) is 0.126. The molecule has 0 saturated carbocycles. The number of hydrogen-bond donors (Lipinski definition) is 1. The van der Waals surface area contributed by atoms with Gasteiger partial charge in [0.1, 0.15) is 0 Å². The number of anilines is 1. The number of nitrogens with zero attached hydrogens (tertiary/aromatic N) is 1. The standard InChI is InChI=1S/C16H11ClN2O2S/c17-19-14(20)7-11(16(19)21)8-4-5-9-10-2-1-3-12(18)15(10)22-13(9)6-8/h1-6,11H,7,18H2. The van der Waals surface area contributed by atoms with E-state index in [2.05, 4.69) is 0 Å². The van der Waals surface area contributed by atoms with Crippen molar-refractivity contribution in [3.63, 3.8) is 0 Å². The fourth-order valence-electron chi connectivity index (χ4n) is 2.92. The Balaban J connectivity index is 1.88. The lowest BCUT2D eigenvalue weighted by molar-refractivity contribution is -0.132. The van der Waals surface area contributed by atoms with Gasteiger partial charge in [-0.3, -0.25) is 9.59 Å². The van der Waals surface area contributed by atoms with Gasteiger partial charge in [0.25, 0.3) is 5.91 Å². The average molecular weight is 331 g/mol. The van der Waals surface area contributed by atoms with Crippen LogP contribution in [-0.4, -0.2) is 16.2 Å². The molecule has 1 aromatic heterocycles. The summed E-state index contributed by atoms with van der Waals surface area (Å²) in [6, 6.07) is 11.7. The van der Waals surface area contributed by atoms with E-state index >= 15 is 0 Å². The Hall–Kier alpha value is -2.11. The first-order valence-corrected chi connectivity index (χ1v) is 7.95. The Kier molecular flexibility index (Phi) is 2.89. The Morgan fingerprint density at radius 1 is 1.18 bits per heavy atom. The predicted molar refractivity (Wildman–Crippen MR) is 88.8 cm³/mol. The van der Waals surface area contributed by atoms with Gasteiger partial charge in [0, 0.05) is 39.4 Å². The number of carbonyl (C=O) groups excluding carboxylic acids is 2. The highest BCUT2D eigenvalue weighted by atomic mass is 35.5. The van der Waals surface area contributed by atoms with Gasteiger partial charge in [-0.1, -0.05) is 24.3 Å². The van der Waals surface area contributed by atoms with E-state index in [9.17, 15) is 9.59 Å². The molecule has 1 atom stereocenters. The zero-order valence-corrected chi connectivity index (χ0v) is 12.9. The van der Waals surface area contributed by atoms with Crippen LogP contribution < -0.4 is 5.73 Å². The number of nitrogens with two attached hydrogens (primary N) is 1. The first-order chi connectivity index (χ1) is 10.6. The van der Waals surface area contributed by atoms with Crippen LogP contribution in [0.4, 0.5) is 5.69 Å². The number of fused-ring (bicyclic) bond motifs is 3. The molecule has 0 spiro atoms. The summed E-state index contributed by atoms with van der Waals surface area (Å²) in [4.78, 5) is 23.6. The summed E-state index contributed by atoms with van der Waals surface area (Å²) in [5, 5.41) is 2.22. The van der Waals surface area contributed by atoms with Gasteiger partial charge >= 0.3 is 0 Å². The molecule has 4 nitrogen and oxygen atoms in total. The van der Waals surface area contributed by atoms with Crippen molar-refractivity contribution in [2.75, 3.05) is 5.73 Å². The number of benzene rings is 2. The van der Waals surface area contributed by atoms with Crippen molar-refractivity contribution in [3.8, 4) is 0 Å². The van der Waals surface area contributed by atoms with Gasteiger partial charge in [-0.05, 0) is 17.7 Å². The summed E-state index contributed by atoms with van der Waals surface area (Å²) in [5.41, 5.74) is 7.59. The van der Waals surface area contributed by atoms with Crippen molar-refractivity contribution < 1.29 is 9.59 Å². The minimum Gasteiger partial charge on any atom is -0.398 e. The van der Waals surface area contributed by atoms with E-state index < -0.39 is 5.92 Å². The zero-order chi connectivity index (χ0) is 15.4. The lowest BCUT2D eigenvalue weighted by Crippen LogP contribution is -2.19. The highest BCUT2D eigenvalue weighted by Gasteiger charge is 2.38. The molecule has 2 amide bonds. The number of thiophene rings is 1. The van der Waals surface area contributed by atoms with E-state index in [0.29, 0.717) is 4.42 Å². The molecule has 6 heteroatoms. The number of nitrogen functional groups attached to an aromatic ring is 1. The highest BCUT2D eigenvalue weighted by molar-refractivity contribution is 7.26. The first-order valence-electron chi connectivity index (χ1n) is 6.79. The van der Waals surface area contributed by atoms with Gasteiger partial charge in [-0.15, -0.1) is 11.3 Å². The SMILES string of the molecule is Nc1cccc2c1sc1cc(C3CC(=O)N(Cl)C3=O)ccc12. The van der Waals surface area contributed by atoms with Crippen LogP contribution in [0.5, 0.6) is 0 Å². The number of imide groups is 1. The lowest BCUT2D eigenvalue weighted by atomic mass is 9.96. The van der Waals surface area contributed by atoms with E-state index in [0.717, 1.165) is 31.4 Å². The first kappa shape index (κ1) is 13.5. The van der Waals surface area contributed by atoms with Gasteiger partial charge in [0.15, 0.2) is 0 Å². The molecule has 3 aromatic rings. The molecule has 1 saturated heterocycles. The maximum Gasteiger partial charge on any atom is 0.252 e. The van der Waals surface area contributed by atoms with E-state index in [1.165, 1.54) is 0 Å². The number of hydrogen-bond acceptors (Lipinski definition) is 4. The molecule has 0 radical (unpaired) electrons. The Morgan fingerprint density at radius 3 is 2.73 bits per heavy atom. The number of halogens is 1. The third kappa shape index (κ3) is 1.82. The fraction of sp³-hybridized carbons (Fsp3) is 0.125. The van der Waals surface area contributed by atoms with Crippen molar-refractivity contribution >= 4 is 60.8 Å². The van der Waals surface area contributed by atoms with Crippen molar-refractivity contribution in [3.05, 3.63) is 42.0 Å². The van der Waals surface area contributed by atoms with Crippen LogP contribution in [-0.2, 0) is 9.59 Å². The smallest absolute Gasteiger partial charge is 0.252 e. The van der Waals surface area contributed by atoms with Crippen LogP contribution in [0.25, 0.3) is 20.2 Å². The average Bonchev–Trinajstić information content (AvgIpc) is 3.01. The molecule has 22 heavy (non-hydrogen) atoms. The van der Waals surface area contributed by atoms with Crippen LogP contribution in [0.1, 0.15) is 17.9 Å². The third-order valence-corrected chi connectivity index (χ3v) is 5.62. The third-order valence-electron chi connectivity index (χ3n) is 4.05. The quantitative estimate of drug-likeness (QED) is 0.421. The molecule has 1 unspecified atom stereocenters. The molecule has 1 aliphatic heterocycles. The second-order valence-corrected chi connectivity index (χ2v) is 6.74. The van der Waals surface area contributed by atoms with Crippen LogP contribution in [0.3, 0.4) is 0 Å². The minimum atomic E-state index is -0.489. The zero-order valence-electron chi connectivity index (χ0n) is 11.4. The molecule has 1 fully saturated rings. The van der Waals surface area contributed by atoms with Crippen molar-refractivity contribution in [1.82, 2.24) is 4.42 Å². The Labute approximate surface area is 135 Å². The van der Waals surface area contributed by atoms with E-state index in [1.54, 1.807) is 11.3 Å². The monoisotopic (exact) mass is 330 g/mol. The summed E-state index contributed by atoms with van der Waals surface area (Å²) < 4.78 is 2.79. The van der Waals surface area contributed by atoms with Crippen molar-refractivity contribution in [1.29, 1.82) is 0 Å². The number of carbonyl (C=O) groups is 2. The van der Waals surface area contributed by atoms with Crippen LogP contribution in [0.2, 0.25) is 0 Å². The maximum atomic E-state index is 12.0. The fourth-order valence-corrected chi connectivity index (χ4v) is 4.28. The summed E-state index contributed by atoms with van der Waals surface area (Å²) >= 11 is 7.28. The normalized spacial score (nSPS) is 18.8. The van der Waals surface area contributed by atoms with Gasteiger partial charge in [0.05, 0.1) is 10.6 Å². The van der Waals surface area contributed by atoms with Crippen LogP contribution in [0.15, 0.2) is 36.4 Å². The molecule has 110 valence electrons. The van der Waals surface area contributed by atoms with Gasteiger partial charge < -0.3 is 5.73 Å². The highest BCUT2D eigenvalue weighted by Crippen LogP contribution is 2.39. The molecule has 2 heterocycles. The van der Waals surface area contributed by atoms with Crippen molar-refractivity contribution in [2.24, 2.45) is 0 Å². The number of amides is 2. The summed E-state index contributed by atoms with van der Waals surface area (Å²) in [6.45, 7) is 0. The molecule has 0 aliphatic carbocycles. The molecular weight excluding hydrogens is 320 g/mol. The molecule has 2 N–H and O–H groups in total.